The normalized spacial score (nSPS) is 19.7. The molecule has 1 aromatic rings. The Morgan fingerprint density at radius 3 is 2.42 bits per heavy atom. The van der Waals surface area contributed by atoms with E-state index < -0.39 is 10.0 Å². The van der Waals surface area contributed by atoms with E-state index in [0.29, 0.717) is 24.7 Å². The molecule has 0 aliphatic carbocycles. The van der Waals surface area contributed by atoms with Crippen LogP contribution in [0.1, 0.15) is 39.5 Å². The molecule has 1 N–H and O–H groups in total. The lowest BCUT2D eigenvalue weighted by molar-refractivity contribution is -0.119. The van der Waals surface area contributed by atoms with Crippen LogP contribution in [-0.2, 0) is 19.6 Å². The van der Waals surface area contributed by atoms with Crippen molar-refractivity contribution in [3.8, 4) is 0 Å². The Kier molecular flexibility index (Phi) is 8.74. The molecule has 0 bridgehead atoms. The van der Waals surface area contributed by atoms with Crippen molar-refractivity contribution in [1.82, 2.24) is 19.5 Å². The van der Waals surface area contributed by atoms with Crippen LogP contribution in [0.2, 0.25) is 0 Å². The molecule has 0 radical (unpaired) electrons. The summed E-state index contributed by atoms with van der Waals surface area (Å²) in [4.78, 5) is 19.1. The second-order valence-corrected chi connectivity index (χ2v) is 11.6. The zero-order chi connectivity index (χ0) is 22.3. The van der Waals surface area contributed by atoms with Gasteiger partial charge in [0.05, 0.1) is 24.0 Å². The Hall–Kier alpha value is -1.20. The largest absolute Gasteiger partial charge is 0.379 e. The number of carbonyl (C=O) groups is 1. The molecule has 0 saturated carbocycles. The fraction of sp³-hybridized carbons (Fsp3) is 0.714. The van der Waals surface area contributed by atoms with Crippen LogP contribution < -0.4 is 5.32 Å². The second-order valence-electron chi connectivity index (χ2n) is 8.63. The molecule has 0 atom stereocenters. The van der Waals surface area contributed by atoms with Gasteiger partial charge in [-0.05, 0) is 38.8 Å². The number of nitrogens with zero attached hydrogens (tertiary/aromatic N) is 3. The quantitative estimate of drug-likeness (QED) is 0.581. The molecule has 0 aromatic carbocycles. The Balaban J connectivity index is 1.47. The number of nitrogens with one attached hydrogen (secondary N) is 1. The first-order valence-electron chi connectivity index (χ1n) is 11.0. The van der Waals surface area contributed by atoms with Gasteiger partial charge >= 0.3 is 0 Å². The Morgan fingerprint density at radius 1 is 1.13 bits per heavy atom. The van der Waals surface area contributed by atoms with E-state index in [1.54, 1.807) is 16.4 Å². The molecule has 8 nitrogen and oxygen atoms in total. The Labute approximate surface area is 190 Å². The summed E-state index contributed by atoms with van der Waals surface area (Å²) in [5.41, 5.74) is -0.133. The number of sulfonamides is 1. The average molecular weight is 471 g/mol. The molecule has 3 rings (SSSR count). The van der Waals surface area contributed by atoms with Crippen LogP contribution in [0.15, 0.2) is 28.3 Å². The van der Waals surface area contributed by atoms with Crippen LogP contribution in [0.5, 0.6) is 0 Å². The number of rotatable bonds is 8. The molecule has 31 heavy (non-hydrogen) atoms. The topological polar surface area (TPSA) is 91.8 Å². The van der Waals surface area contributed by atoms with E-state index in [0.717, 1.165) is 52.0 Å². The molecule has 174 valence electrons. The van der Waals surface area contributed by atoms with Crippen molar-refractivity contribution in [3.05, 3.63) is 18.3 Å². The second kappa shape index (κ2) is 11.1. The highest BCUT2D eigenvalue weighted by molar-refractivity contribution is 7.99. The highest BCUT2D eigenvalue weighted by Crippen LogP contribution is 2.22. The number of hydrogen-bond donors (Lipinski definition) is 1. The maximum Gasteiger partial charge on any atom is 0.244 e. The summed E-state index contributed by atoms with van der Waals surface area (Å²) in [6, 6.07) is 3.27. The third-order valence-corrected chi connectivity index (χ3v) is 8.67. The first-order chi connectivity index (χ1) is 14.8. The van der Waals surface area contributed by atoms with Crippen molar-refractivity contribution in [1.29, 1.82) is 0 Å². The van der Waals surface area contributed by atoms with Gasteiger partial charge < -0.3 is 10.1 Å². The standard InChI is InChI=1S/C21H34N4O4S2/c1-21(2,24-11-13-29-14-12-24)17-23-19(26)16-30-20-8-7-18(15-22-20)31(27,28)25-9-5-3-4-6-10-25/h7-8,15H,3-6,9-14,16-17H2,1-2H3,(H,23,26). The highest BCUT2D eigenvalue weighted by atomic mass is 32.2. The Bertz CT molecular complexity index is 816. The van der Waals surface area contributed by atoms with Gasteiger partial charge in [-0.15, -0.1) is 0 Å². The van der Waals surface area contributed by atoms with Gasteiger partial charge in [0.15, 0.2) is 0 Å². The lowest BCUT2D eigenvalue weighted by Gasteiger charge is -2.40. The van der Waals surface area contributed by atoms with Gasteiger partial charge in [0.2, 0.25) is 15.9 Å². The molecule has 2 aliphatic heterocycles. The molecule has 2 saturated heterocycles. The highest BCUT2D eigenvalue weighted by Gasteiger charge is 2.29. The third-order valence-electron chi connectivity index (χ3n) is 5.85. The summed E-state index contributed by atoms with van der Waals surface area (Å²) in [7, 11) is -3.50. The number of aromatic nitrogens is 1. The lowest BCUT2D eigenvalue weighted by Crippen LogP contribution is -2.55. The van der Waals surface area contributed by atoms with Crippen LogP contribution in [0.25, 0.3) is 0 Å². The van der Waals surface area contributed by atoms with Crippen LogP contribution in [0.3, 0.4) is 0 Å². The predicted molar refractivity (Wildman–Crippen MR) is 122 cm³/mol. The molecule has 2 aliphatic rings. The minimum absolute atomic E-state index is 0.0607. The van der Waals surface area contributed by atoms with E-state index in [2.05, 4.69) is 29.0 Å². The minimum atomic E-state index is -3.50. The van der Waals surface area contributed by atoms with E-state index in [1.165, 1.54) is 18.0 Å². The number of pyridine rings is 1. The van der Waals surface area contributed by atoms with Gasteiger partial charge in [-0.3, -0.25) is 9.69 Å². The van der Waals surface area contributed by atoms with E-state index in [4.69, 9.17) is 4.74 Å². The number of hydrogen-bond acceptors (Lipinski definition) is 7. The van der Waals surface area contributed by atoms with Gasteiger partial charge in [0.25, 0.3) is 0 Å². The number of morpholine rings is 1. The number of ether oxygens (including phenoxy) is 1. The maximum atomic E-state index is 12.8. The van der Waals surface area contributed by atoms with Crippen molar-refractivity contribution in [2.24, 2.45) is 0 Å². The molecule has 3 heterocycles. The SMILES string of the molecule is CC(C)(CNC(=O)CSc1ccc(S(=O)(=O)N2CCCCCC2)cn1)N1CCOCC1. The van der Waals surface area contributed by atoms with Crippen molar-refractivity contribution < 1.29 is 17.9 Å². The molecule has 10 heteroatoms. The summed E-state index contributed by atoms with van der Waals surface area (Å²) >= 11 is 1.31. The smallest absolute Gasteiger partial charge is 0.244 e. The van der Waals surface area contributed by atoms with Gasteiger partial charge in [-0.1, -0.05) is 24.6 Å². The van der Waals surface area contributed by atoms with Crippen LogP contribution in [-0.4, -0.2) is 85.7 Å². The molecule has 1 amide bonds. The lowest BCUT2D eigenvalue weighted by atomic mass is 10.0. The van der Waals surface area contributed by atoms with Crippen molar-refractivity contribution in [2.75, 3.05) is 51.7 Å². The first-order valence-corrected chi connectivity index (χ1v) is 13.4. The van der Waals surface area contributed by atoms with E-state index in [9.17, 15) is 13.2 Å². The number of carbonyl (C=O) groups excluding carboxylic acids is 1. The zero-order valence-electron chi connectivity index (χ0n) is 18.5. The number of thioether (sulfide) groups is 1. The van der Waals surface area contributed by atoms with Gasteiger partial charge in [-0.25, -0.2) is 13.4 Å². The van der Waals surface area contributed by atoms with Crippen molar-refractivity contribution in [3.63, 3.8) is 0 Å². The maximum absolute atomic E-state index is 12.8. The zero-order valence-corrected chi connectivity index (χ0v) is 20.1. The van der Waals surface area contributed by atoms with Crippen LogP contribution in [0.4, 0.5) is 0 Å². The van der Waals surface area contributed by atoms with Gasteiger partial charge in [0.1, 0.15) is 4.90 Å². The average Bonchev–Trinajstić information content (AvgIpc) is 3.07. The van der Waals surface area contributed by atoms with Gasteiger partial charge in [-0.2, -0.15) is 4.31 Å². The summed E-state index contributed by atoms with van der Waals surface area (Å²) < 4.78 is 32.6. The van der Waals surface area contributed by atoms with Crippen LogP contribution >= 0.6 is 11.8 Å². The molecular weight excluding hydrogens is 436 g/mol. The first kappa shape index (κ1) is 24.4. The molecule has 2 fully saturated rings. The number of amides is 1. The fourth-order valence-corrected chi connectivity index (χ4v) is 5.96. The third kappa shape index (κ3) is 6.89. The summed E-state index contributed by atoms with van der Waals surface area (Å²) in [5, 5.41) is 3.64. The predicted octanol–water partition coefficient (Wildman–Crippen LogP) is 1.97. The van der Waals surface area contributed by atoms with Gasteiger partial charge in [0, 0.05) is 44.5 Å². The summed E-state index contributed by atoms with van der Waals surface area (Å²) in [5.74, 6) is 0.180. The molecule has 0 spiro atoms. The van der Waals surface area contributed by atoms with Crippen molar-refractivity contribution >= 4 is 27.7 Å². The van der Waals surface area contributed by atoms with Crippen LogP contribution in [0, 0.1) is 0 Å². The summed E-state index contributed by atoms with van der Waals surface area (Å²) in [6.45, 7) is 9.13. The van der Waals surface area contributed by atoms with E-state index >= 15 is 0 Å². The summed E-state index contributed by atoms with van der Waals surface area (Å²) in [6.07, 6.45) is 5.36. The van der Waals surface area contributed by atoms with E-state index in [-0.39, 0.29) is 22.1 Å². The monoisotopic (exact) mass is 470 g/mol. The van der Waals surface area contributed by atoms with Crippen molar-refractivity contribution in [2.45, 2.75) is 55.0 Å². The van der Waals surface area contributed by atoms with E-state index in [1.807, 2.05) is 0 Å². The molecule has 1 aromatic heterocycles. The Morgan fingerprint density at radius 2 is 1.81 bits per heavy atom. The fourth-order valence-electron chi connectivity index (χ4n) is 3.82. The molecular formula is C21H34N4O4S2. The molecule has 0 unspecified atom stereocenters. The minimum Gasteiger partial charge on any atom is -0.379 e.